The Bertz CT molecular complexity index is 1240. The third kappa shape index (κ3) is 4.75. The van der Waals surface area contributed by atoms with Crippen LogP contribution in [0.1, 0.15) is 41.8 Å². The number of fused-ring (bicyclic) bond motifs is 1. The molecule has 3 aromatic rings. The zero-order chi connectivity index (χ0) is 23.4. The number of nitrogens with zero attached hydrogens (tertiary/aromatic N) is 1. The maximum absolute atomic E-state index is 13.2. The van der Waals surface area contributed by atoms with Gasteiger partial charge in [-0.05, 0) is 37.1 Å². The highest BCUT2D eigenvalue weighted by molar-refractivity contribution is 7.89. The predicted octanol–water partition coefficient (Wildman–Crippen LogP) is 4.40. The Labute approximate surface area is 193 Å². The van der Waals surface area contributed by atoms with Gasteiger partial charge < -0.3 is 19.2 Å². The third-order valence-corrected chi connectivity index (χ3v) is 7.71. The van der Waals surface area contributed by atoms with Crippen LogP contribution in [0.15, 0.2) is 51.8 Å². The fraction of sp³-hybridized carbons (Fsp3) is 0.375. The van der Waals surface area contributed by atoms with Crippen LogP contribution >= 0.6 is 0 Å². The van der Waals surface area contributed by atoms with E-state index in [4.69, 9.17) is 13.9 Å². The number of furan rings is 1. The van der Waals surface area contributed by atoms with Crippen molar-refractivity contribution in [2.75, 3.05) is 32.6 Å². The van der Waals surface area contributed by atoms with E-state index in [0.717, 1.165) is 31.1 Å². The molecular formula is C24H28N2O6S. The van der Waals surface area contributed by atoms with Crippen LogP contribution in [0.4, 0.5) is 5.69 Å². The van der Waals surface area contributed by atoms with Crippen LogP contribution in [0, 0.1) is 0 Å². The summed E-state index contributed by atoms with van der Waals surface area (Å²) in [5.41, 5.74) is 1.44. The number of carbonyl (C=O) groups excluding carboxylic acids is 1. The summed E-state index contributed by atoms with van der Waals surface area (Å²) >= 11 is 0. The van der Waals surface area contributed by atoms with E-state index in [1.807, 2.05) is 18.2 Å². The van der Waals surface area contributed by atoms with Gasteiger partial charge in [0.05, 0.1) is 24.3 Å². The summed E-state index contributed by atoms with van der Waals surface area (Å²) in [5, 5.41) is 3.56. The Kier molecular flexibility index (Phi) is 7.02. The van der Waals surface area contributed by atoms with E-state index >= 15 is 0 Å². The predicted molar refractivity (Wildman–Crippen MR) is 125 cm³/mol. The van der Waals surface area contributed by atoms with E-state index in [-0.39, 0.29) is 22.9 Å². The van der Waals surface area contributed by atoms with Crippen molar-refractivity contribution < 1.29 is 27.1 Å². The van der Waals surface area contributed by atoms with Crippen LogP contribution in [0.3, 0.4) is 0 Å². The van der Waals surface area contributed by atoms with Crippen LogP contribution < -0.4 is 10.1 Å². The molecule has 1 amide bonds. The topological polar surface area (TPSA) is 98.1 Å². The second-order valence-corrected chi connectivity index (χ2v) is 9.91. The van der Waals surface area contributed by atoms with Crippen molar-refractivity contribution in [1.82, 2.24) is 4.31 Å². The first-order valence-corrected chi connectivity index (χ1v) is 12.4. The van der Waals surface area contributed by atoms with E-state index in [2.05, 4.69) is 5.32 Å². The van der Waals surface area contributed by atoms with E-state index < -0.39 is 15.9 Å². The third-order valence-electron chi connectivity index (χ3n) is 5.82. The Balaban J connectivity index is 1.67. The zero-order valence-corrected chi connectivity index (χ0v) is 19.6. The first kappa shape index (κ1) is 23.3. The minimum Gasteiger partial charge on any atom is -0.495 e. The van der Waals surface area contributed by atoms with Gasteiger partial charge in [-0.15, -0.1) is 0 Å². The number of para-hydroxylation sites is 1. The number of benzene rings is 2. The van der Waals surface area contributed by atoms with Gasteiger partial charge in [-0.1, -0.05) is 31.0 Å². The van der Waals surface area contributed by atoms with Crippen molar-refractivity contribution in [2.45, 2.75) is 37.2 Å². The molecule has 176 valence electrons. The quantitative estimate of drug-likeness (QED) is 0.547. The Morgan fingerprint density at radius 2 is 1.79 bits per heavy atom. The lowest BCUT2D eigenvalue weighted by molar-refractivity contribution is 0.0991. The van der Waals surface area contributed by atoms with Crippen LogP contribution in [0.5, 0.6) is 5.75 Å². The van der Waals surface area contributed by atoms with Gasteiger partial charge in [0.15, 0.2) is 5.76 Å². The van der Waals surface area contributed by atoms with Crippen molar-refractivity contribution in [2.24, 2.45) is 0 Å². The number of carbonyl (C=O) groups is 1. The van der Waals surface area contributed by atoms with Gasteiger partial charge in [0, 0.05) is 31.1 Å². The highest BCUT2D eigenvalue weighted by atomic mass is 32.2. The summed E-state index contributed by atoms with van der Waals surface area (Å²) in [7, 11) is -0.678. The smallest absolute Gasteiger partial charge is 0.291 e. The molecule has 1 N–H and O–H groups in total. The largest absolute Gasteiger partial charge is 0.495 e. The highest BCUT2D eigenvalue weighted by Crippen LogP contribution is 2.32. The minimum absolute atomic E-state index is 0.112. The van der Waals surface area contributed by atoms with Gasteiger partial charge in [-0.2, -0.15) is 4.31 Å². The zero-order valence-electron chi connectivity index (χ0n) is 18.8. The number of rotatable bonds is 7. The molecule has 33 heavy (non-hydrogen) atoms. The van der Waals surface area contributed by atoms with Crippen molar-refractivity contribution in [3.05, 3.63) is 53.8 Å². The van der Waals surface area contributed by atoms with Crippen LogP contribution in [0.25, 0.3) is 11.0 Å². The molecule has 1 saturated heterocycles. The first-order chi connectivity index (χ1) is 16.0. The SMILES string of the molecule is COCc1c(C(=O)Nc2cc(S(=O)(=O)N3CCCCCC3)ccc2OC)oc2ccccc12. The van der Waals surface area contributed by atoms with Gasteiger partial charge in [0.25, 0.3) is 5.91 Å². The number of hydrogen-bond donors (Lipinski definition) is 1. The van der Waals surface area contributed by atoms with Crippen molar-refractivity contribution in [3.63, 3.8) is 0 Å². The summed E-state index contributed by atoms with van der Waals surface area (Å²) in [5.74, 6) is -0.0516. The van der Waals surface area contributed by atoms with Gasteiger partial charge in [0.2, 0.25) is 10.0 Å². The molecule has 0 aliphatic carbocycles. The molecule has 0 radical (unpaired) electrons. The Morgan fingerprint density at radius 3 is 2.48 bits per heavy atom. The van der Waals surface area contributed by atoms with E-state index in [1.54, 1.807) is 19.2 Å². The molecule has 0 spiro atoms. The normalized spacial score (nSPS) is 15.3. The van der Waals surface area contributed by atoms with Gasteiger partial charge in [0.1, 0.15) is 11.3 Å². The van der Waals surface area contributed by atoms with Gasteiger partial charge in [-0.25, -0.2) is 8.42 Å². The molecule has 2 aromatic carbocycles. The summed E-state index contributed by atoms with van der Waals surface area (Å²) in [4.78, 5) is 13.3. The minimum atomic E-state index is -3.69. The van der Waals surface area contributed by atoms with Crippen LogP contribution in [-0.4, -0.2) is 45.9 Å². The van der Waals surface area contributed by atoms with Crippen molar-refractivity contribution >= 4 is 32.6 Å². The molecule has 1 aliphatic rings. The number of hydrogen-bond acceptors (Lipinski definition) is 6. The molecule has 1 aliphatic heterocycles. The molecule has 2 heterocycles. The number of sulfonamides is 1. The lowest BCUT2D eigenvalue weighted by Crippen LogP contribution is -2.32. The molecule has 0 unspecified atom stereocenters. The Hall–Kier alpha value is -2.88. The summed E-state index contributed by atoms with van der Waals surface area (Å²) in [6.45, 7) is 1.19. The van der Waals surface area contributed by atoms with Gasteiger partial charge in [-0.3, -0.25) is 4.79 Å². The van der Waals surface area contributed by atoms with E-state index in [0.29, 0.717) is 30.0 Å². The summed E-state index contributed by atoms with van der Waals surface area (Å²) in [6.07, 6.45) is 3.73. The fourth-order valence-corrected chi connectivity index (χ4v) is 5.67. The summed E-state index contributed by atoms with van der Waals surface area (Å²) < 4.78 is 44.5. The fourth-order valence-electron chi connectivity index (χ4n) is 4.13. The Morgan fingerprint density at radius 1 is 1.06 bits per heavy atom. The molecule has 8 nitrogen and oxygen atoms in total. The molecular weight excluding hydrogens is 444 g/mol. The number of amides is 1. The van der Waals surface area contributed by atoms with E-state index in [9.17, 15) is 13.2 Å². The lowest BCUT2D eigenvalue weighted by Gasteiger charge is -2.21. The average Bonchev–Trinajstić information content (AvgIpc) is 2.98. The van der Waals surface area contributed by atoms with Crippen molar-refractivity contribution in [1.29, 1.82) is 0 Å². The van der Waals surface area contributed by atoms with Gasteiger partial charge >= 0.3 is 0 Å². The monoisotopic (exact) mass is 472 g/mol. The first-order valence-electron chi connectivity index (χ1n) is 10.9. The number of nitrogens with one attached hydrogen (secondary N) is 1. The molecule has 1 aromatic heterocycles. The second kappa shape index (κ2) is 9.94. The maximum atomic E-state index is 13.2. The number of ether oxygens (including phenoxy) is 2. The summed E-state index contributed by atoms with van der Waals surface area (Å²) in [6, 6.07) is 11.8. The van der Waals surface area contributed by atoms with Crippen molar-refractivity contribution in [3.8, 4) is 5.75 Å². The average molecular weight is 473 g/mol. The highest BCUT2D eigenvalue weighted by Gasteiger charge is 2.27. The molecule has 0 saturated carbocycles. The standard InChI is InChI=1S/C24H28N2O6S/c1-30-16-19-18-9-5-6-10-21(18)32-23(19)24(27)25-20-15-17(11-12-22(20)31-2)33(28,29)26-13-7-3-4-8-14-26/h5-6,9-12,15H,3-4,7-8,13-14,16H2,1-2H3,(H,25,27). The molecule has 4 rings (SSSR count). The molecule has 0 atom stereocenters. The lowest BCUT2D eigenvalue weighted by atomic mass is 10.1. The van der Waals surface area contributed by atoms with Crippen LogP contribution in [-0.2, 0) is 21.4 Å². The maximum Gasteiger partial charge on any atom is 0.291 e. The van der Waals surface area contributed by atoms with E-state index in [1.165, 1.54) is 23.5 Å². The van der Waals surface area contributed by atoms with Crippen LogP contribution in [0.2, 0.25) is 0 Å². The molecule has 0 bridgehead atoms. The second-order valence-electron chi connectivity index (χ2n) is 7.97. The molecule has 9 heteroatoms. The molecule has 1 fully saturated rings. The number of anilines is 1. The number of methoxy groups -OCH3 is 2.